The molecule has 1 aromatic heterocycles. The van der Waals surface area contributed by atoms with Crippen LogP contribution in [0.25, 0.3) is 4.13 Å². The minimum absolute atomic E-state index is 0.778. The number of sulfonamides is 2. The molecule has 0 saturated carbocycles. The maximum Gasteiger partial charge on any atom is 0.480 e. The lowest BCUT2D eigenvalue weighted by atomic mass is 10.4. The third-order valence-corrected chi connectivity index (χ3v) is 5.27. The van der Waals surface area contributed by atoms with E-state index < -0.39 is 31.1 Å². The number of hydrogen-bond acceptors (Lipinski definition) is 4. The summed E-state index contributed by atoms with van der Waals surface area (Å²) in [5.41, 5.74) is -11.1. The van der Waals surface area contributed by atoms with Gasteiger partial charge in [0.05, 0.1) is 7.05 Å². The van der Waals surface area contributed by atoms with Crippen molar-refractivity contribution in [2.75, 3.05) is 0 Å². The Kier molecular flexibility index (Phi) is 6.86. The highest BCUT2D eigenvalue weighted by Crippen LogP contribution is 2.36. The van der Waals surface area contributed by atoms with Gasteiger partial charge in [0.15, 0.2) is 20.0 Å². The number of hydrogen-bond donors (Lipinski definition) is 1. The van der Waals surface area contributed by atoms with E-state index in [0.717, 1.165) is 10.5 Å². The van der Waals surface area contributed by atoms with Crippen molar-refractivity contribution in [2.45, 2.75) is 31.3 Å². The summed E-state index contributed by atoms with van der Waals surface area (Å²) >= 11 is 0. The largest absolute Gasteiger partial charge is 0.480 e. The first kappa shape index (κ1) is 22.6. The molecule has 0 bridgehead atoms. The van der Waals surface area contributed by atoms with Crippen molar-refractivity contribution in [3.63, 3.8) is 0 Å². The molecule has 0 atom stereocenters. The van der Waals surface area contributed by atoms with E-state index in [1.165, 1.54) is 11.5 Å². The van der Waals surface area contributed by atoms with Gasteiger partial charge in [-0.3, -0.25) is 0 Å². The van der Waals surface area contributed by atoms with Gasteiger partial charge in [-0.1, -0.05) is 6.92 Å². The average Bonchev–Trinajstić information content (AvgIpc) is 2.66. The van der Waals surface area contributed by atoms with Crippen molar-refractivity contribution in [1.29, 1.82) is 0 Å². The van der Waals surface area contributed by atoms with Gasteiger partial charge in [0.1, 0.15) is 11.9 Å². The van der Waals surface area contributed by atoms with Crippen LogP contribution in [-0.4, -0.2) is 32.8 Å². The zero-order valence-corrected chi connectivity index (χ0v) is 14.0. The molecule has 0 fully saturated rings. The van der Waals surface area contributed by atoms with Gasteiger partial charge < -0.3 is 4.13 Å². The lowest BCUT2D eigenvalue weighted by molar-refractivity contribution is -0.683. The Morgan fingerprint density at radius 3 is 1.58 bits per heavy atom. The topological polar surface area (TPSA) is 102 Å². The molecule has 1 heterocycles. The van der Waals surface area contributed by atoms with Crippen molar-refractivity contribution in [1.82, 2.24) is 4.98 Å². The highest BCUT2D eigenvalue weighted by Gasteiger charge is 2.46. The molecule has 1 rings (SSSR count). The Bertz CT molecular complexity index is 722. The molecule has 0 unspecified atom stereocenters. The lowest BCUT2D eigenvalue weighted by Gasteiger charge is -2.22. The summed E-state index contributed by atoms with van der Waals surface area (Å²) in [6.45, 7) is 4.22. The Morgan fingerprint density at radius 1 is 1.04 bits per heavy atom. The molecule has 0 saturated heterocycles. The first-order valence-electron chi connectivity index (χ1n) is 5.86. The minimum Gasteiger partial charge on any atom is -0.421 e. The quantitative estimate of drug-likeness (QED) is 0.612. The van der Waals surface area contributed by atoms with Crippen molar-refractivity contribution in [2.24, 2.45) is 7.05 Å². The summed E-state index contributed by atoms with van der Waals surface area (Å²) in [5.74, 6) is 1.21. The first-order chi connectivity index (χ1) is 10.5. The molecule has 0 aliphatic rings. The van der Waals surface area contributed by atoms with Crippen LogP contribution in [-0.2, 0) is 33.5 Å². The first-order valence-corrected chi connectivity index (χ1v) is 8.74. The summed E-state index contributed by atoms with van der Waals surface area (Å²) in [6, 6.07) is 0. The van der Waals surface area contributed by atoms with Crippen molar-refractivity contribution in [3.05, 3.63) is 21.8 Å². The summed E-state index contributed by atoms with van der Waals surface area (Å²) < 4.78 is 111. The van der Waals surface area contributed by atoms with Crippen molar-refractivity contribution < 1.29 is 47.7 Å². The smallest absolute Gasteiger partial charge is 0.421 e. The Hall–Kier alpha value is -1.35. The van der Waals surface area contributed by atoms with Gasteiger partial charge in [-0.2, -0.15) is 26.3 Å². The molecular weight excluding hydrogens is 392 g/mol. The van der Waals surface area contributed by atoms with Crippen LogP contribution >= 0.6 is 0 Å². The Morgan fingerprint density at radius 2 is 1.42 bits per heavy atom. The molecule has 0 aliphatic carbocycles. The third-order valence-electron chi connectivity index (χ3n) is 2.53. The second kappa shape index (κ2) is 7.26. The van der Waals surface area contributed by atoms with Crippen LogP contribution in [0.4, 0.5) is 26.3 Å². The number of halogens is 6. The molecule has 0 aromatic carbocycles. The lowest BCUT2D eigenvalue weighted by Crippen LogP contribution is -2.33. The number of aromatic amines is 1. The normalized spacial score (nSPS) is 13.4. The molecule has 24 heavy (non-hydrogen) atoms. The monoisotopic (exact) mass is 405 g/mol. The van der Waals surface area contributed by atoms with Gasteiger partial charge >= 0.3 is 11.0 Å². The number of nitrogens with one attached hydrogen (secondary N) is 1. The van der Waals surface area contributed by atoms with Crippen LogP contribution in [0.3, 0.4) is 0 Å². The van der Waals surface area contributed by atoms with Crippen LogP contribution < -0.4 is 4.57 Å². The number of alkyl halides is 6. The molecule has 0 amide bonds. The van der Waals surface area contributed by atoms with Gasteiger partial charge in [-0.05, 0) is 0 Å². The fraction of sp³-hybridized carbons (Fsp3) is 0.667. The van der Waals surface area contributed by atoms with E-state index in [2.05, 4.69) is 36.6 Å². The zero-order valence-electron chi connectivity index (χ0n) is 12.4. The van der Waals surface area contributed by atoms with E-state index in [0.29, 0.717) is 0 Å². The maximum atomic E-state index is 11.4. The predicted octanol–water partition coefficient (Wildman–Crippen LogP) is 1.77. The van der Waals surface area contributed by atoms with Gasteiger partial charge in [0.25, 0.3) is 5.82 Å². The summed E-state index contributed by atoms with van der Waals surface area (Å²) in [6.07, 6.45) is 3.15. The second-order valence-corrected chi connectivity index (χ2v) is 7.62. The van der Waals surface area contributed by atoms with Gasteiger partial charge in [0, 0.05) is 13.3 Å². The highest BCUT2D eigenvalue weighted by atomic mass is 32.3. The Labute approximate surface area is 133 Å². The standard InChI is InChI=1S/C7H12N2.C2F6NO4S2/c1-4-7-5-8-6(2)9(7)3;3-1(4,5)14(10,11)9-15(12,13)2(6,7)8/h5H,4H2,1-3H3;/q;-1/p+1. The summed E-state index contributed by atoms with van der Waals surface area (Å²) in [4.78, 5) is 3.15. The Balaban J connectivity index is 0.000000496. The van der Waals surface area contributed by atoms with E-state index in [1.54, 1.807) is 0 Å². The number of H-pyrrole nitrogens is 1. The van der Waals surface area contributed by atoms with E-state index in [9.17, 15) is 43.2 Å². The van der Waals surface area contributed by atoms with Crippen LogP contribution in [0.2, 0.25) is 0 Å². The molecule has 0 radical (unpaired) electrons. The fourth-order valence-electron chi connectivity index (χ4n) is 1.15. The van der Waals surface area contributed by atoms with E-state index in [-0.39, 0.29) is 0 Å². The summed E-state index contributed by atoms with van der Waals surface area (Å²) in [5, 5.41) is 0. The van der Waals surface area contributed by atoms with Gasteiger partial charge in [0.2, 0.25) is 0 Å². The molecule has 0 spiro atoms. The van der Waals surface area contributed by atoms with Crippen molar-refractivity contribution >= 4 is 20.0 Å². The van der Waals surface area contributed by atoms with E-state index in [4.69, 9.17) is 0 Å². The predicted molar refractivity (Wildman–Crippen MR) is 69.4 cm³/mol. The van der Waals surface area contributed by atoms with Crippen LogP contribution in [0, 0.1) is 6.92 Å². The number of imidazole rings is 1. The van der Waals surface area contributed by atoms with Crippen molar-refractivity contribution in [3.8, 4) is 0 Å². The van der Waals surface area contributed by atoms with Gasteiger partial charge in [-0.15, -0.1) is 0 Å². The van der Waals surface area contributed by atoms with Gasteiger partial charge in [-0.25, -0.2) is 26.4 Å². The zero-order chi connectivity index (χ0) is 19.6. The van der Waals surface area contributed by atoms with Crippen LogP contribution in [0.5, 0.6) is 0 Å². The second-order valence-electron chi connectivity index (χ2n) is 4.19. The third kappa shape index (κ3) is 5.62. The number of aromatic nitrogens is 2. The molecule has 1 aromatic rings. The van der Waals surface area contributed by atoms with Crippen LogP contribution in [0.15, 0.2) is 6.20 Å². The van der Waals surface area contributed by atoms with E-state index >= 15 is 0 Å². The molecule has 142 valence electrons. The summed E-state index contributed by atoms with van der Waals surface area (Å²) in [7, 11) is -11.4. The maximum absolute atomic E-state index is 11.4. The molecule has 1 N–H and O–H groups in total. The molecule has 7 nitrogen and oxygen atoms in total. The van der Waals surface area contributed by atoms with Crippen LogP contribution in [0.1, 0.15) is 18.4 Å². The number of aryl methyl sites for hydroxylation is 2. The molecular formula is C9H13F6N3O4S2. The van der Waals surface area contributed by atoms with E-state index in [1.807, 2.05) is 0 Å². The minimum atomic E-state index is -6.72. The fourth-order valence-corrected chi connectivity index (χ4v) is 2.86. The molecule has 15 heteroatoms. The SMILES string of the molecule is CCc1c[nH]c(C)[n+]1C.O=S(=O)([N-]S(=O)(=O)C(F)(F)F)C(F)(F)F. The number of nitrogens with zero attached hydrogens (tertiary/aromatic N) is 2. The number of rotatable bonds is 3. The highest BCUT2D eigenvalue weighted by molar-refractivity contribution is 8.13. The molecule has 0 aliphatic heterocycles. The average molecular weight is 405 g/mol.